The number of esters is 1. The highest BCUT2D eigenvalue weighted by atomic mass is 16.5. The van der Waals surface area contributed by atoms with Crippen LogP contribution in [0, 0.1) is 5.92 Å². The third-order valence-electron chi connectivity index (χ3n) is 6.82. The van der Waals surface area contributed by atoms with Crippen LogP contribution in [-0.4, -0.2) is 75.0 Å². The average Bonchev–Trinajstić information content (AvgIpc) is 2.97. The number of carbonyl (C=O) groups excluding carboxylic acids is 4. The van der Waals surface area contributed by atoms with E-state index in [1.807, 2.05) is 0 Å². The highest BCUT2D eigenvalue weighted by Gasteiger charge is 2.30. The molecule has 2 aromatic carbocycles. The number of methoxy groups -OCH3 is 1. The number of ketones is 1. The van der Waals surface area contributed by atoms with Gasteiger partial charge in [-0.05, 0) is 68.7 Å². The summed E-state index contributed by atoms with van der Waals surface area (Å²) >= 11 is 0. The number of hydrogen-bond donors (Lipinski definition) is 0. The molecule has 208 valence electrons. The molecule has 0 aromatic heterocycles. The highest BCUT2D eigenvalue weighted by Crippen LogP contribution is 2.33. The van der Waals surface area contributed by atoms with Gasteiger partial charge in [0, 0.05) is 31.6 Å². The molecule has 2 heterocycles. The molecule has 4 rings (SSSR count). The van der Waals surface area contributed by atoms with Gasteiger partial charge < -0.3 is 28.7 Å². The van der Waals surface area contributed by atoms with Crippen LogP contribution in [0.15, 0.2) is 42.5 Å². The van der Waals surface area contributed by atoms with Gasteiger partial charge in [-0.2, -0.15) is 0 Å². The van der Waals surface area contributed by atoms with Crippen LogP contribution < -0.4 is 19.1 Å². The smallest absolute Gasteiger partial charge is 0.310 e. The van der Waals surface area contributed by atoms with Crippen LogP contribution in [0.3, 0.4) is 0 Å². The van der Waals surface area contributed by atoms with E-state index in [2.05, 4.69) is 0 Å². The Morgan fingerprint density at radius 2 is 1.85 bits per heavy atom. The number of piperidine rings is 1. The lowest BCUT2D eigenvalue weighted by Crippen LogP contribution is -2.43. The van der Waals surface area contributed by atoms with E-state index in [9.17, 15) is 19.2 Å². The van der Waals surface area contributed by atoms with Crippen molar-refractivity contribution in [3.8, 4) is 17.2 Å². The first-order valence-electron chi connectivity index (χ1n) is 13.2. The van der Waals surface area contributed by atoms with E-state index in [1.165, 1.54) is 0 Å². The molecule has 0 N–H and O–H groups in total. The molecule has 2 aliphatic heterocycles. The summed E-state index contributed by atoms with van der Waals surface area (Å²) in [6.07, 6.45) is 2.14. The van der Waals surface area contributed by atoms with Crippen LogP contribution in [0.2, 0.25) is 0 Å². The van der Waals surface area contributed by atoms with Crippen LogP contribution in [0.25, 0.3) is 0 Å². The van der Waals surface area contributed by atoms with Crippen LogP contribution >= 0.6 is 0 Å². The van der Waals surface area contributed by atoms with Crippen LogP contribution in [-0.2, 0) is 19.1 Å². The number of likely N-dealkylation sites (tertiary alicyclic amines) is 1. The maximum atomic E-state index is 12.8. The Hall–Kier alpha value is -4.08. The molecule has 0 radical (unpaired) electrons. The molecule has 1 unspecified atom stereocenters. The summed E-state index contributed by atoms with van der Waals surface area (Å²) in [5, 5.41) is 0. The Labute approximate surface area is 227 Å². The van der Waals surface area contributed by atoms with Crippen molar-refractivity contribution in [2.24, 2.45) is 5.92 Å². The zero-order valence-corrected chi connectivity index (χ0v) is 22.4. The largest absolute Gasteiger partial charge is 0.497 e. The minimum Gasteiger partial charge on any atom is -0.497 e. The zero-order valence-electron chi connectivity index (χ0n) is 22.4. The normalized spacial score (nSPS) is 16.7. The summed E-state index contributed by atoms with van der Waals surface area (Å²) < 4.78 is 21.4. The number of anilines is 1. The van der Waals surface area contributed by atoms with Crippen LogP contribution in [0.1, 0.15) is 43.0 Å². The fourth-order valence-electron chi connectivity index (χ4n) is 4.73. The van der Waals surface area contributed by atoms with Gasteiger partial charge in [-0.3, -0.25) is 19.2 Å². The number of Topliss-reactive ketones (excluding diaryl/α,β-unsaturated/α-hetero) is 1. The second-order valence-electron chi connectivity index (χ2n) is 9.44. The summed E-state index contributed by atoms with van der Waals surface area (Å²) in [5.74, 6) is 0.634. The molecule has 0 saturated carbocycles. The van der Waals surface area contributed by atoms with Gasteiger partial charge in [0.05, 0.1) is 25.3 Å². The SMILES string of the molecule is CCOC(=O)C1CCCN(C(=O)CCCN2C(=O)COc3ccc(C(=O)COc4ccc(OC)cc4)cc32)C1. The molecule has 1 fully saturated rings. The van der Waals surface area contributed by atoms with E-state index in [4.69, 9.17) is 18.9 Å². The van der Waals surface area contributed by atoms with Crippen molar-refractivity contribution in [1.82, 2.24) is 4.90 Å². The molecular weight excluding hydrogens is 504 g/mol. The number of amides is 2. The minimum atomic E-state index is -0.292. The fraction of sp³-hybridized carbons (Fsp3) is 0.448. The molecule has 0 bridgehead atoms. The average molecular weight is 539 g/mol. The van der Waals surface area contributed by atoms with Crippen LogP contribution in [0.5, 0.6) is 17.2 Å². The first kappa shape index (κ1) is 27.9. The molecule has 2 aliphatic rings. The molecular formula is C29H34N2O8. The van der Waals surface area contributed by atoms with Crippen LogP contribution in [0.4, 0.5) is 5.69 Å². The lowest BCUT2D eigenvalue weighted by Gasteiger charge is -2.32. The van der Waals surface area contributed by atoms with Crippen molar-refractivity contribution >= 4 is 29.3 Å². The van der Waals surface area contributed by atoms with E-state index in [-0.39, 0.29) is 49.1 Å². The fourth-order valence-corrected chi connectivity index (χ4v) is 4.73. The lowest BCUT2D eigenvalue weighted by atomic mass is 9.98. The van der Waals surface area contributed by atoms with Crippen molar-refractivity contribution in [3.05, 3.63) is 48.0 Å². The van der Waals surface area contributed by atoms with Crippen molar-refractivity contribution in [1.29, 1.82) is 0 Å². The van der Waals surface area contributed by atoms with Gasteiger partial charge in [0.1, 0.15) is 17.2 Å². The maximum absolute atomic E-state index is 12.8. The monoisotopic (exact) mass is 538 g/mol. The molecule has 2 aromatic rings. The van der Waals surface area contributed by atoms with Gasteiger partial charge in [-0.1, -0.05) is 0 Å². The van der Waals surface area contributed by atoms with E-state index in [0.29, 0.717) is 67.6 Å². The summed E-state index contributed by atoms with van der Waals surface area (Å²) in [6, 6.07) is 11.9. The zero-order chi connectivity index (χ0) is 27.8. The third kappa shape index (κ3) is 7.07. The molecule has 0 aliphatic carbocycles. The second kappa shape index (κ2) is 13.1. The Morgan fingerprint density at radius 3 is 2.59 bits per heavy atom. The second-order valence-corrected chi connectivity index (χ2v) is 9.44. The number of carbonyl (C=O) groups is 4. The number of ether oxygens (including phenoxy) is 4. The predicted octanol–water partition coefficient (Wildman–Crippen LogP) is 3.26. The van der Waals surface area contributed by atoms with Gasteiger partial charge in [0.25, 0.3) is 5.91 Å². The predicted molar refractivity (Wildman–Crippen MR) is 142 cm³/mol. The van der Waals surface area contributed by atoms with Gasteiger partial charge >= 0.3 is 5.97 Å². The van der Waals surface area contributed by atoms with Gasteiger partial charge in [0.15, 0.2) is 19.0 Å². The lowest BCUT2D eigenvalue weighted by molar-refractivity contribution is -0.151. The van der Waals surface area contributed by atoms with Crippen molar-refractivity contribution in [2.45, 2.75) is 32.6 Å². The summed E-state index contributed by atoms with van der Waals surface area (Å²) in [6.45, 7) is 3.08. The van der Waals surface area contributed by atoms with E-state index in [0.717, 1.165) is 6.42 Å². The summed E-state index contributed by atoms with van der Waals surface area (Å²) in [4.78, 5) is 53.7. The van der Waals surface area contributed by atoms with Crippen molar-refractivity contribution in [3.63, 3.8) is 0 Å². The molecule has 0 spiro atoms. The number of benzene rings is 2. The Bertz CT molecular complexity index is 1200. The van der Waals surface area contributed by atoms with Gasteiger partial charge in [0.2, 0.25) is 5.91 Å². The van der Waals surface area contributed by atoms with Crippen molar-refractivity contribution in [2.75, 3.05) is 51.5 Å². The first-order valence-corrected chi connectivity index (χ1v) is 13.2. The quantitative estimate of drug-likeness (QED) is 0.317. The summed E-state index contributed by atoms with van der Waals surface area (Å²) in [7, 11) is 1.57. The van der Waals surface area contributed by atoms with E-state index in [1.54, 1.807) is 66.3 Å². The number of hydrogen-bond acceptors (Lipinski definition) is 8. The molecule has 2 amide bonds. The van der Waals surface area contributed by atoms with Gasteiger partial charge in [-0.15, -0.1) is 0 Å². The Kier molecular flexibility index (Phi) is 9.40. The topological polar surface area (TPSA) is 112 Å². The maximum Gasteiger partial charge on any atom is 0.310 e. The minimum absolute atomic E-state index is 0.0514. The van der Waals surface area contributed by atoms with Crippen molar-refractivity contribution < 1.29 is 38.1 Å². The number of fused-ring (bicyclic) bond motifs is 1. The van der Waals surface area contributed by atoms with E-state index < -0.39 is 0 Å². The highest BCUT2D eigenvalue weighted by molar-refractivity contribution is 6.02. The Balaban J connectivity index is 1.34. The Morgan fingerprint density at radius 1 is 1.08 bits per heavy atom. The van der Waals surface area contributed by atoms with Gasteiger partial charge in [-0.25, -0.2) is 0 Å². The van der Waals surface area contributed by atoms with E-state index >= 15 is 0 Å². The molecule has 1 saturated heterocycles. The number of nitrogens with zero attached hydrogens (tertiary/aromatic N) is 2. The third-order valence-corrected chi connectivity index (χ3v) is 6.82. The molecule has 10 heteroatoms. The summed E-state index contributed by atoms with van der Waals surface area (Å²) in [5.41, 5.74) is 0.884. The molecule has 1 atom stereocenters. The standard InChI is InChI=1S/C29H34N2O8/c1-3-37-29(35)21-6-4-14-30(17-21)27(33)7-5-15-31-24-16-20(8-13-26(24)39-19-28(31)34)25(32)18-38-23-11-9-22(36-2)10-12-23/h8-13,16,21H,3-7,14-15,17-19H2,1-2H3. The molecule has 39 heavy (non-hydrogen) atoms. The molecule has 10 nitrogen and oxygen atoms in total. The number of rotatable bonds is 11. The first-order chi connectivity index (χ1) is 18.9.